The summed E-state index contributed by atoms with van der Waals surface area (Å²) in [4.78, 5) is 22.4. The number of ether oxygens (including phenoxy) is 1. The Morgan fingerprint density at radius 2 is 1.69 bits per heavy atom. The summed E-state index contributed by atoms with van der Waals surface area (Å²) in [5.74, 6) is 1.89. The lowest BCUT2D eigenvalue weighted by Crippen LogP contribution is -2.17. The van der Waals surface area contributed by atoms with Gasteiger partial charge in [-0.1, -0.05) is 69.9 Å². The fraction of sp³-hybridized carbons (Fsp3) is 0.633. The van der Waals surface area contributed by atoms with Crippen LogP contribution in [0, 0.1) is 5.82 Å². The predicted octanol–water partition coefficient (Wildman–Crippen LogP) is 7.38. The number of anilines is 1. The van der Waals surface area contributed by atoms with Crippen molar-refractivity contribution in [1.29, 1.82) is 0 Å². The monoisotopic (exact) mass is 623 g/mol. The highest BCUT2D eigenvalue weighted by Crippen LogP contribution is 2.42. The van der Waals surface area contributed by atoms with E-state index >= 15 is 0 Å². The van der Waals surface area contributed by atoms with E-state index in [0.717, 1.165) is 30.6 Å². The van der Waals surface area contributed by atoms with Crippen molar-refractivity contribution in [2.24, 2.45) is 0 Å². The van der Waals surface area contributed by atoms with Gasteiger partial charge in [-0.25, -0.2) is 19.3 Å². The van der Waals surface area contributed by atoms with Gasteiger partial charge in [0.15, 0.2) is 11.5 Å². The topological polar surface area (TPSA) is 125 Å². The Morgan fingerprint density at radius 1 is 1.00 bits per heavy atom. The number of nitrogen functional groups attached to an aromatic ring is 1. The van der Waals surface area contributed by atoms with Crippen molar-refractivity contribution in [2.45, 2.75) is 96.6 Å². The average Bonchev–Trinajstić information content (AvgIpc) is 3.37. The molecule has 0 aliphatic heterocycles. The van der Waals surface area contributed by atoms with Crippen LogP contribution in [-0.2, 0) is 26.8 Å². The van der Waals surface area contributed by atoms with E-state index in [4.69, 9.17) is 15.0 Å². The van der Waals surface area contributed by atoms with Crippen molar-refractivity contribution in [1.82, 2.24) is 19.5 Å². The van der Waals surface area contributed by atoms with E-state index in [9.17, 15) is 13.8 Å². The first-order valence-corrected chi connectivity index (χ1v) is 18.1. The number of fused-ring (bicyclic) bond motifs is 1. The van der Waals surface area contributed by atoms with Crippen molar-refractivity contribution in [3.8, 4) is 0 Å². The number of hydrogen-bond acceptors (Lipinski definition) is 8. The molecule has 12 heteroatoms. The van der Waals surface area contributed by atoms with E-state index in [1.807, 2.05) is 13.0 Å². The molecule has 2 heterocycles. The summed E-state index contributed by atoms with van der Waals surface area (Å²) in [6.07, 6.45) is 17.0. The first-order valence-electron chi connectivity index (χ1n) is 15.2. The molecule has 0 aliphatic carbocycles. The number of hydrogen-bond donors (Lipinski definition) is 2. The van der Waals surface area contributed by atoms with Crippen molar-refractivity contribution in [3.05, 3.63) is 48.3 Å². The zero-order chi connectivity index (χ0) is 30.0. The maximum atomic E-state index is 13.2. The smallest absolute Gasteiger partial charge is 0.353 e. The van der Waals surface area contributed by atoms with Gasteiger partial charge in [-0.05, 0) is 49.6 Å². The Kier molecular flexibility index (Phi) is 15.8. The lowest BCUT2D eigenvalue weighted by Gasteiger charge is -2.17. The molecule has 0 saturated heterocycles. The molecular weight excluding hydrogens is 576 g/mol. The maximum absolute atomic E-state index is 13.2. The van der Waals surface area contributed by atoms with Gasteiger partial charge in [0.1, 0.15) is 24.0 Å². The number of halogens is 1. The molecule has 0 bridgehead atoms. The molecule has 3 rings (SSSR count). The average molecular weight is 624 g/mol. The standard InChI is InChI=1S/C30H47FN5O4PS/c1-25(21-36-23-35-28-29(32)33-22-34-30(28)36)39-24-41(37,38)40-17-19-42-18-12-10-8-6-4-2-3-5-7-9-11-14-26-15-13-16-27(31)20-26/h13,15-16,20,22-23,25H,2-12,14,17-19,21,24H2,1H3,(H,37,38)(H2,32,33,34)/t25-/m1/s1. The minimum atomic E-state index is -3.81. The second-order valence-corrected chi connectivity index (χ2v) is 13.8. The third-order valence-electron chi connectivity index (χ3n) is 7.07. The first kappa shape index (κ1) is 34.5. The molecule has 1 aromatic carbocycles. The summed E-state index contributed by atoms with van der Waals surface area (Å²) in [5.41, 5.74) is 8.03. The summed E-state index contributed by atoms with van der Waals surface area (Å²) in [6, 6.07) is 6.94. The third-order valence-corrected chi connectivity index (χ3v) is 9.16. The van der Waals surface area contributed by atoms with Crippen LogP contribution in [0.3, 0.4) is 0 Å². The van der Waals surface area contributed by atoms with Crippen LogP contribution in [0.5, 0.6) is 0 Å². The fourth-order valence-corrected chi connectivity index (χ4v) is 6.61. The van der Waals surface area contributed by atoms with Gasteiger partial charge in [0, 0.05) is 5.75 Å². The Bertz CT molecular complexity index is 1230. The lowest BCUT2D eigenvalue weighted by molar-refractivity contribution is 0.0724. The Morgan fingerprint density at radius 3 is 2.40 bits per heavy atom. The van der Waals surface area contributed by atoms with Crippen LogP contribution in [0.2, 0.25) is 0 Å². The molecule has 0 fully saturated rings. The highest BCUT2D eigenvalue weighted by atomic mass is 32.2. The molecule has 2 atom stereocenters. The van der Waals surface area contributed by atoms with Gasteiger partial charge >= 0.3 is 7.60 Å². The van der Waals surface area contributed by atoms with Gasteiger partial charge in [-0.15, -0.1) is 0 Å². The van der Waals surface area contributed by atoms with Gasteiger partial charge in [0.2, 0.25) is 0 Å². The van der Waals surface area contributed by atoms with E-state index in [1.165, 1.54) is 70.2 Å². The SMILES string of the molecule is C[C@H](Cn1cnc2c(N)ncnc21)OCP(=O)(O)OCCSCCCCCCCCCCCCCc1cccc(F)c1. The fourth-order valence-electron chi connectivity index (χ4n) is 4.78. The number of nitrogens with zero attached hydrogens (tertiary/aromatic N) is 4. The van der Waals surface area contributed by atoms with Crippen LogP contribution in [0.1, 0.15) is 83.1 Å². The number of benzene rings is 1. The molecule has 0 amide bonds. The van der Waals surface area contributed by atoms with Crippen LogP contribution in [0.4, 0.5) is 10.2 Å². The number of unbranched alkanes of at least 4 members (excludes halogenated alkanes) is 10. The molecule has 234 valence electrons. The van der Waals surface area contributed by atoms with Crippen LogP contribution in [-0.4, -0.2) is 55.0 Å². The first-order chi connectivity index (χ1) is 20.3. The number of rotatable bonds is 23. The van der Waals surface area contributed by atoms with Crippen molar-refractivity contribution >= 4 is 36.3 Å². The molecule has 0 aliphatic rings. The van der Waals surface area contributed by atoms with Gasteiger partial charge in [0.05, 0.1) is 25.6 Å². The van der Waals surface area contributed by atoms with Gasteiger partial charge in [-0.2, -0.15) is 11.8 Å². The molecule has 9 nitrogen and oxygen atoms in total. The van der Waals surface area contributed by atoms with Crippen LogP contribution >= 0.6 is 19.4 Å². The normalized spacial score (nSPS) is 13.9. The summed E-state index contributed by atoms with van der Waals surface area (Å²) in [7, 11) is -3.81. The number of nitrogens with two attached hydrogens (primary N) is 1. The molecule has 3 aromatic rings. The van der Waals surface area contributed by atoms with Crippen LogP contribution < -0.4 is 5.73 Å². The molecule has 0 saturated carbocycles. The molecule has 0 radical (unpaired) electrons. The number of imidazole rings is 1. The number of aryl methyl sites for hydroxylation is 1. The molecule has 42 heavy (non-hydrogen) atoms. The highest BCUT2D eigenvalue weighted by molar-refractivity contribution is 7.99. The second-order valence-electron chi connectivity index (χ2n) is 10.8. The second kappa shape index (κ2) is 19.3. The lowest BCUT2D eigenvalue weighted by atomic mass is 10.0. The third kappa shape index (κ3) is 13.5. The van der Waals surface area contributed by atoms with E-state index in [2.05, 4.69) is 15.0 Å². The molecule has 0 spiro atoms. The number of aromatic nitrogens is 4. The largest absolute Gasteiger partial charge is 0.382 e. The summed E-state index contributed by atoms with van der Waals surface area (Å²) < 4.78 is 38.1. The summed E-state index contributed by atoms with van der Waals surface area (Å²) in [5, 5.41) is 0. The highest BCUT2D eigenvalue weighted by Gasteiger charge is 2.21. The maximum Gasteiger partial charge on any atom is 0.353 e. The zero-order valence-corrected chi connectivity index (χ0v) is 26.5. The predicted molar refractivity (Wildman–Crippen MR) is 169 cm³/mol. The van der Waals surface area contributed by atoms with E-state index in [-0.39, 0.29) is 24.9 Å². The van der Waals surface area contributed by atoms with E-state index < -0.39 is 7.60 Å². The van der Waals surface area contributed by atoms with Gasteiger partial charge in [-0.3, -0.25) is 4.57 Å². The summed E-state index contributed by atoms with van der Waals surface area (Å²) >= 11 is 1.75. The van der Waals surface area contributed by atoms with Crippen molar-refractivity contribution < 1.29 is 23.1 Å². The Balaban J connectivity index is 1.08. The van der Waals surface area contributed by atoms with Crippen molar-refractivity contribution in [2.75, 3.05) is 30.2 Å². The molecular formula is C30H47FN5O4PS. The summed E-state index contributed by atoms with van der Waals surface area (Å²) in [6.45, 7) is 2.44. The molecule has 3 N–H and O–H groups in total. The van der Waals surface area contributed by atoms with Crippen LogP contribution in [0.25, 0.3) is 11.2 Å². The minimum absolute atomic E-state index is 0.138. The Labute approximate surface area is 253 Å². The molecule has 2 aromatic heterocycles. The van der Waals surface area contributed by atoms with E-state index in [1.54, 1.807) is 34.8 Å². The minimum Gasteiger partial charge on any atom is -0.382 e. The van der Waals surface area contributed by atoms with E-state index in [0.29, 0.717) is 29.3 Å². The Hall–Kier alpha value is -2.04. The number of thioether (sulfide) groups is 1. The van der Waals surface area contributed by atoms with Crippen LogP contribution in [0.15, 0.2) is 36.9 Å². The zero-order valence-electron chi connectivity index (χ0n) is 24.8. The van der Waals surface area contributed by atoms with Gasteiger partial charge in [0.25, 0.3) is 0 Å². The van der Waals surface area contributed by atoms with Crippen molar-refractivity contribution in [3.63, 3.8) is 0 Å². The van der Waals surface area contributed by atoms with Gasteiger partial charge < -0.3 is 24.5 Å². The quantitative estimate of drug-likeness (QED) is 0.0822. The molecule has 1 unspecified atom stereocenters.